The van der Waals surface area contributed by atoms with Gasteiger partial charge in [0, 0.05) is 27.2 Å². The molecule has 0 radical (unpaired) electrons. The molecule has 0 saturated heterocycles. The van der Waals surface area contributed by atoms with Gasteiger partial charge in [-0.1, -0.05) is 65.7 Å². The van der Waals surface area contributed by atoms with Gasteiger partial charge in [-0.2, -0.15) is 5.10 Å². The number of rotatable bonds is 9. The molecule has 4 aromatic carbocycles. The van der Waals surface area contributed by atoms with Crippen LogP contribution in [0.2, 0.25) is 10.0 Å². The molecule has 0 unspecified atom stereocenters. The highest BCUT2D eigenvalue weighted by Crippen LogP contribution is 2.28. The molecule has 1 aromatic heterocycles. The Morgan fingerprint density at radius 2 is 1.77 bits per heavy atom. The molecule has 5 rings (SSSR count). The highest BCUT2D eigenvalue weighted by atomic mass is 35.5. The molecule has 0 aliphatic heterocycles. The number of amides is 1. The third-order valence-electron chi connectivity index (χ3n) is 5.59. The lowest BCUT2D eigenvalue weighted by atomic mass is 10.1. The van der Waals surface area contributed by atoms with Gasteiger partial charge in [0.2, 0.25) is 0 Å². The Balaban J connectivity index is 1.14. The van der Waals surface area contributed by atoms with Crippen molar-refractivity contribution in [2.45, 2.75) is 6.61 Å². The number of carbonyl (C=O) groups excluding carboxylic acids is 1. The Morgan fingerprint density at radius 1 is 0.949 bits per heavy atom. The number of halogens is 2. The van der Waals surface area contributed by atoms with Gasteiger partial charge in [0.15, 0.2) is 5.13 Å². The molecule has 0 bridgehead atoms. The Labute approximate surface area is 239 Å². The number of nitrogens with one attached hydrogen (secondary N) is 2. The van der Waals surface area contributed by atoms with Gasteiger partial charge < -0.3 is 10.1 Å². The van der Waals surface area contributed by atoms with Crippen molar-refractivity contribution in [3.63, 3.8) is 0 Å². The number of nitrogens with zero attached hydrogens (tertiary/aromatic N) is 2. The second-order valence-electron chi connectivity index (χ2n) is 8.41. The smallest absolute Gasteiger partial charge is 0.271 e. The number of ether oxygens (including phenoxy) is 1. The minimum atomic E-state index is -0.324. The number of anilines is 2. The minimum Gasteiger partial charge on any atom is -0.487 e. The zero-order valence-corrected chi connectivity index (χ0v) is 22.8. The lowest BCUT2D eigenvalue weighted by Crippen LogP contribution is -2.17. The molecule has 0 aliphatic rings. The minimum absolute atomic E-state index is 0.324. The predicted octanol–water partition coefficient (Wildman–Crippen LogP) is 8.20. The van der Waals surface area contributed by atoms with Crippen LogP contribution in [0.15, 0.2) is 108 Å². The Hall–Kier alpha value is -4.17. The lowest BCUT2D eigenvalue weighted by molar-refractivity contribution is 0.0955. The first-order valence-corrected chi connectivity index (χ1v) is 13.6. The van der Waals surface area contributed by atoms with E-state index in [-0.39, 0.29) is 5.91 Å². The van der Waals surface area contributed by atoms with Crippen LogP contribution >= 0.6 is 34.5 Å². The van der Waals surface area contributed by atoms with Crippen molar-refractivity contribution >= 4 is 57.5 Å². The molecule has 6 nitrogen and oxygen atoms in total. The zero-order valence-electron chi connectivity index (χ0n) is 20.5. The molecule has 0 saturated carbocycles. The topological polar surface area (TPSA) is 75.6 Å². The molecular formula is C30H22Cl2N4O2S. The van der Waals surface area contributed by atoms with E-state index >= 15 is 0 Å². The van der Waals surface area contributed by atoms with Gasteiger partial charge in [0.25, 0.3) is 5.91 Å². The average Bonchev–Trinajstić information content (AvgIpc) is 3.41. The summed E-state index contributed by atoms with van der Waals surface area (Å²) in [6.07, 6.45) is 1.52. The average molecular weight is 574 g/mol. The van der Waals surface area contributed by atoms with Crippen LogP contribution in [0, 0.1) is 0 Å². The van der Waals surface area contributed by atoms with Crippen LogP contribution < -0.4 is 15.5 Å². The summed E-state index contributed by atoms with van der Waals surface area (Å²) in [5.41, 5.74) is 7.41. The molecule has 1 heterocycles. The van der Waals surface area contributed by atoms with Gasteiger partial charge in [-0.15, -0.1) is 11.3 Å². The number of thiazole rings is 1. The van der Waals surface area contributed by atoms with Crippen molar-refractivity contribution in [2.75, 3.05) is 5.32 Å². The van der Waals surface area contributed by atoms with Crippen LogP contribution in [0.5, 0.6) is 5.75 Å². The van der Waals surface area contributed by atoms with E-state index in [1.54, 1.807) is 30.3 Å². The molecule has 9 heteroatoms. The van der Waals surface area contributed by atoms with Crippen LogP contribution in [0.25, 0.3) is 11.3 Å². The molecular weight excluding hydrogens is 551 g/mol. The summed E-state index contributed by atoms with van der Waals surface area (Å²) in [6.45, 7) is 0.344. The summed E-state index contributed by atoms with van der Waals surface area (Å²) in [7, 11) is 0. The van der Waals surface area contributed by atoms with Crippen molar-refractivity contribution in [3.05, 3.63) is 129 Å². The van der Waals surface area contributed by atoms with Gasteiger partial charge in [-0.3, -0.25) is 4.79 Å². The molecule has 0 aliphatic carbocycles. The summed E-state index contributed by atoms with van der Waals surface area (Å²) in [6, 6.07) is 29.8. The standard InChI is InChI=1S/C30H22Cl2N4O2S/c31-24-6-4-5-21(15-24)18-38-28-14-9-20(16-26(28)32)17-33-36-29(37)23-12-10-22(11-13-23)27-19-39-30(35-27)34-25-7-2-1-3-8-25/h1-17,19H,18H2,(H,34,35)(H,36,37)/b33-17-. The summed E-state index contributed by atoms with van der Waals surface area (Å²) in [5, 5.41) is 11.2. The van der Waals surface area contributed by atoms with Crippen LogP contribution in [-0.4, -0.2) is 17.1 Å². The summed E-state index contributed by atoms with van der Waals surface area (Å²) >= 11 is 13.9. The monoisotopic (exact) mass is 572 g/mol. The fourth-order valence-corrected chi connectivity index (χ4v) is 4.83. The molecule has 0 spiro atoms. The maximum atomic E-state index is 12.6. The first-order valence-electron chi connectivity index (χ1n) is 11.9. The van der Waals surface area contributed by atoms with E-state index < -0.39 is 0 Å². The van der Waals surface area contributed by atoms with Crippen molar-refractivity contribution in [1.82, 2.24) is 10.4 Å². The molecule has 0 atom stereocenters. The van der Waals surface area contributed by atoms with Crippen molar-refractivity contribution < 1.29 is 9.53 Å². The quantitative estimate of drug-likeness (QED) is 0.138. The van der Waals surface area contributed by atoms with E-state index in [0.29, 0.717) is 33.5 Å². The van der Waals surface area contributed by atoms with Crippen molar-refractivity contribution in [3.8, 4) is 17.0 Å². The van der Waals surface area contributed by atoms with E-state index in [4.69, 9.17) is 27.9 Å². The number of hydrazone groups is 1. The molecule has 0 fully saturated rings. The van der Waals surface area contributed by atoms with Gasteiger partial charge in [-0.25, -0.2) is 10.4 Å². The Bertz CT molecular complexity index is 1610. The van der Waals surface area contributed by atoms with Crippen molar-refractivity contribution in [2.24, 2.45) is 5.10 Å². The molecule has 39 heavy (non-hydrogen) atoms. The SMILES string of the molecule is O=C(N/N=C\c1ccc(OCc2cccc(Cl)c2)c(Cl)c1)c1ccc(-c2csc(Nc3ccccc3)n2)cc1. The predicted molar refractivity (Wildman–Crippen MR) is 160 cm³/mol. The van der Waals surface area contributed by atoms with Crippen LogP contribution in [-0.2, 0) is 6.61 Å². The van der Waals surface area contributed by atoms with E-state index in [0.717, 1.165) is 27.6 Å². The summed E-state index contributed by atoms with van der Waals surface area (Å²) in [5.74, 6) is 0.219. The normalized spacial score (nSPS) is 10.9. The number of carbonyl (C=O) groups is 1. The molecule has 1 amide bonds. The number of hydrogen-bond donors (Lipinski definition) is 2. The van der Waals surface area contributed by atoms with Crippen LogP contribution in [0.1, 0.15) is 21.5 Å². The second-order valence-corrected chi connectivity index (χ2v) is 10.1. The molecule has 2 N–H and O–H groups in total. The van der Waals surface area contributed by atoms with E-state index in [9.17, 15) is 4.79 Å². The van der Waals surface area contributed by atoms with Crippen molar-refractivity contribution in [1.29, 1.82) is 0 Å². The van der Waals surface area contributed by atoms with Gasteiger partial charge >= 0.3 is 0 Å². The highest BCUT2D eigenvalue weighted by molar-refractivity contribution is 7.14. The highest BCUT2D eigenvalue weighted by Gasteiger charge is 2.09. The van der Waals surface area contributed by atoms with Gasteiger partial charge in [0.1, 0.15) is 12.4 Å². The summed E-state index contributed by atoms with van der Waals surface area (Å²) < 4.78 is 5.79. The lowest BCUT2D eigenvalue weighted by Gasteiger charge is -2.09. The fraction of sp³-hybridized carbons (Fsp3) is 0.0333. The third kappa shape index (κ3) is 7.23. The van der Waals surface area contributed by atoms with Gasteiger partial charge in [0.05, 0.1) is 16.9 Å². The van der Waals surface area contributed by atoms with E-state index in [1.165, 1.54) is 17.6 Å². The van der Waals surface area contributed by atoms with E-state index in [2.05, 4.69) is 20.8 Å². The van der Waals surface area contributed by atoms with E-state index in [1.807, 2.05) is 72.1 Å². The second kappa shape index (κ2) is 12.6. The summed E-state index contributed by atoms with van der Waals surface area (Å²) in [4.78, 5) is 17.2. The third-order valence-corrected chi connectivity index (χ3v) is 6.88. The van der Waals surface area contributed by atoms with Gasteiger partial charge in [-0.05, 0) is 65.7 Å². The first-order chi connectivity index (χ1) is 19.0. The number of para-hydroxylation sites is 1. The fourth-order valence-electron chi connectivity index (χ4n) is 3.63. The first kappa shape index (κ1) is 26.4. The maximum absolute atomic E-state index is 12.6. The number of hydrogen-bond acceptors (Lipinski definition) is 6. The maximum Gasteiger partial charge on any atom is 0.271 e. The number of benzene rings is 4. The zero-order chi connectivity index (χ0) is 27.0. The molecule has 194 valence electrons. The largest absolute Gasteiger partial charge is 0.487 e. The molecule has 5 aromatic rings. The Kier molecular flexibility index (Phi) is 8.53. The Morgan fingerprint density at radius 3 is 2.54 bits per heavy atom. The number of aromatic nitrogens is 1. The van der Waals surface area contributed by atoms with Crippen LogP contribution in [0.4, 0.5) is 10.8 Å². The van der Waals surface area contributed by atoms with Crippen LogP contribution in [0.3, 0.4) is 0 Å².